The van der Waals surface area contributed by atoms with Crippen LogP contribution >= 0.6 is 0 Å². The smallest absolute Gasteiger partial charge is 0.330 e. The van der Waals surface area contributed by atoms with E-state index in [0.29, 0.717) is 6.61 Å². The highest BCUT2D eigenvalue weighted by molar-refractivity contribution is 5.83. The summed E-state index contributed by atoms with van der Waals surface area (Å²) in [4.78, 5) is 11.1. The van der Waals surface area contributed by atoms with Gasteiger partial charge in [0, 0.05) is 12.5 Å². The van der Waals surface area contributed by atoms with Gasteiger partial charge in [-0.05, 0) is 12.5 Å². The van der Waals surface area contributed by atoms with Crippen molar-refractivity contribution < 1.29 is 14.3 Å². The van der Waals surface area contributed by atoms with Crippen molar-refractivity contribution in [3.63, 3.8) is 0 Å². The van der Waals surface area contributed by atoms with Crippen LogP contribution in [0.4, 0.5) is 0 Å². The standard InChI is InChI=1S/C10H12O3/c1-2-12-10(11)6-7-5-8-3-4-9(7)13-8/h3-4,6,8-9H,2,5H2,1H3/b7-6+. The van der Waals surface area contributed by atoms with E-state index in [-0.39, 0.29) is 18.2 Å². The van der Waals surface area contributed by atoms with Gasteiger partial charge in [0.05, 0.1) is 18.8 Å². The van der Waals surface area contributed by atoms with Crippen LogP contribution < -0.4 is 0 Å². The number of carbonyl (C=O) groups is 1. The zero-order valence-electron chi connectivity index (χ0n) is 7.53. The third kappa shape index (κ3) is 1.65. The van der Waals surface area contributed by atoms with Crippen LogP contribution in [0.2, 0.25) is 0 Å². The number of hydrogen-bond donors (Lipinski definition) is 0. The van der Waals surface area contributed by atoms with Gasteiger partial charge >= 0.3 is 5.97 Å². The molecule has 2 bridgehead atoms. The minimum Gasteiger partial charge on any atom is -0.463 e. The molecule has 3 heteroatoms. The lowest BCUT2D eigenvalue weighted by atomic mass is 10.0. The quantitative estimate of drug-likeness (QED) is 0.364. The van der Waals surface area contributed by atoms with Crippen LogP contribution in [-0.4, -0.2) is 24.8 Å². The van der Waals surface area contributed by atoms with Crippen molar-refractivity contribution in [1.82, 2.24) is 0 Å². The van der Waals surface area contributed by atoms with Crippen LogP contribution in [0.25, 0.3) is 0 Å². The lowest BCUT2D eigenvalue weighted by molar-refractivity contribution is -0.137. The fraction of sp³-hybridized carbons (Fsp3) is 0.500. The lowest BCUT2D eigenvalue weighted by Crippen LogP contribution is -2.06. The highest BCUT2D eigenvalue weighted by atomic mass is 16.5. The van der Waals surface area contributed by atoms with Gasteiger partial charge < -0.3 is 9.47 Å². The van der Waals surface area contributed by atoms with Crippen LogP contribution in [0.3, 0.4) is 0 Å². The van der Waals surface area contributed by atoms with Gasteiger partial charge in [-0.25, -0.2) is 4.79 Å². The molecule has 1 saturated heterocycles. The minimum atomic E-state index is -0.262. The second-order valence-corrected chi connectivity index (χ2v) is 3.16. The number of ether oxygens (including phenoxy) is 2. The Morgan fingerprint density at radius 1 is 1.77 bits per heavy atom. The Kier molecular flexibility index (Phi) is 2.19. The Balaban J connectivity index is 2.02. The van der Waals surface area contributed by atoms with Gasteiger partial charge in [-0.3, -0.25) is 0 Å². The van der Waals surface area contributed by atoms with Gasteiger partial charge in [-0.1, -0.05) is 12.2 Å². The van der Waals surface area contributed by atoms with Gasteiger partial charge in [0.15, 0.2) is 0 Å². The molecule has 0 amide bonds. The first-order valence-electron chi connectivity index (χ1n) is 4.50. The number of fused-ring (bicyclic) bond motifs is 2. The fourth-order valence-corrected chi connectivity index (χ4v) is 1.66. The number of carbonyl (C=O) groups excluding carboxylic acids is 1. The average molecular weight is 180 g/mol. The molecule has 2 rings (SSSR count). The molecule has 0 N–H and O–H groups in total. The van der Waals surface area contributed by atoms with Crippen molar-refractivity contribution >= 4 is 5.97 Å². The van der Waals surface area contributed by atoms with E-state index < -0.39 is 0 Å². The first-order chi connectivity index (χ1) is 6.29. The minimum absolute atomic E-state index is 0.0226. The molecule has 1 fully saturated rings. The molecule has 2 heterocycles. The maximum Gasteiger partial charge on any atom is 0.330 e. The van der Waals surface area contributed by atoms with Crippen molar-refractivity contribution in [1.29, 1.82) is 0 Å². The monoisotopic (exact) mass is 180 g/mol. The summed E-state index contributed by atoms with van der Waals surface area (Å²) in [7, 11) is 0. The second kappa shape index (κ2) is 3.34. The summed E-state index contributed by atoms with van der Waals surface area (Å²) < 4.78 is 10.3. The van der Waals surface area contributed by atoms with Crippen LogP contribution in [0, 0.1) is 0 Å². The van der Waals surface area contributed by atoms with E-state index in [1.807, 2.05) is 12.2 Å². The highest BCUT2D eigenvalue weighted by Gasteiger charge is 2.32. The third-order valence-corrected chi connectivity index (χ3v) is 2.21. The first-order valence-corrected chi connectivity index (χ1v) is 4.50. The van der Waals surface area contributed by atoms with E-state index in [4.69, 9.17) is 9.47 Å². The van der Waals surface area contributed by atoms with Gasteiger partial charge in [0.25, 0.3) is 0 Å². The van der Waals surface area contributed by atoms with E-state index in [9.17, 15) is 4.79 Å². The van der Waals surface area contributed by atoms with Crippen molar-refractivity contribution in [2.45, 2.75) is 25.6 Å². The van der Waals surface area contributed by atoms with E-state index in [1.165, 1.54) is 0 Å². The first kappa shape index (κ1) is 8.51. The Bertz CT molecular complexity index is 278. The summed E-state index contributed by atoms with van der Waals surface area (Å²) in [6, 6.07) is 0. The maximum atomic E-state index is 11.1. The Morgan fingerprint density at radius 3 is 3.15 bits per heavy atom. The molecule has 0 saturated carbocycles. The van der Waals surface area contributed by atoms with E-state index in [0.717, 1.165) is 12.0 Å². The summed E-state index contributed by atoms with van der Waals surface area (Å²) in [5.41, 5.74) is 1.03. The zero-order chi connectivity index (χ0) is 9.26. The predicted molar refractivity (Wildman–Crippen MR) is 47.1 cm³/mol. The van der Waals surface area contributed by atoms with Crippen LogP contribution in [0.5, 0.6) is 0 Å². The molecule has 0 aromatic rings. The molecule has 0 aromatic heterocycles. The lowest BCUT2D eigenvalue weighted by Gasteiger charge is -2.04. The SMILES string of the molecule is CCOC(=O)/C=C1\CC2C=CC1O2. The molecule has 2 aliphatic heterocycles. The predicted octanol–water partition coefficient (Wildman–Crippen LogP) is 1.20. The summed E-state index contributed by atoms with van der Waals surface area (Å²) in [5.74, 6) is -0.262. The summed E-state index contributed by atoms with van der Waals surface area (Å²) >= 11 is 0. The molecule has 3 nitrogen and oxygen atoms in total. The maximum absolute atomic E-state index is 11.1. The second-order valence-electron chi connectivity index (χ2n) is 3.16. The van der Waals surface area contributed by atoms with Gasteiger partial charge in [0.1, 0.15) is 0 Å². The van der Waals surface area contributed by atoms with Crippen molar-refractivity contribution in [3.8, 4) is 0 Å². The molecule has 70 valence electrons. The molecule has 0 aliphatic carbocycles. The van der Waals surface area contributed by atoms with Crippen molar-refractivity contribution in [3.05, 3.63) is 23.8 Å². The fourth-order valence-electron chi connectivity index (χ4n) is 1.66. The summed E-state index contributed by atoms with van der Waals surface area (Å²) in [6.07, 6.45) is 6.62. The van der Waals surface area contributed by atoms with Gasteiger partial charge in [-0.15, -0.1) is 0 Å². The number of rotatable bonds is 2. The zero-order valence-corrected chi connectivity index (χ0v) is 7.53. The molecule has 2 atom stereocenters. The Hall–Kier alpha value is -1.09. The van der Waals surface area contributed by atoms with Gasteiger partial charge in [0.2, 0.25) is 0 Å². The van der Waals surface area contributed by atoms with E-state index in [1.54, 1.807) is 13.0 Å². The van der Waals surface area contributed by atoms with Gasteiger partial charge in [-0.2, -0.15) is 0 Å². The van der Waals surface area contributed by atoms with Crippen LogP contribution in [0.15, 0.2) is 23.8 Å². The van der Waals surface area contributed by atoms with E-state index in [2.05, 4.69) is 0 Å². The molecule has 2 aliphatic rings. The van der Waals surface area contributed by atoms with Crippen LogP contribution in [0.1, 0.15) is 13.3 Å². The van der Waals surface area contributed by atoms with E-state index >= 15 is 0 Å². The molecule has 0 aromatic carbocycles. The average Bonchev–Trinajstić information content (AvgIpc) is 2.65. The summed E-state index contributed by atoms with van der Waals surface area (Å²) in [5, 5.41) is 0. The number of hydrogen-bond acceptors (Lipinski definition) is 3. The normalized spacial score (nSPS) is 32.8. The Morgan fingerprint density at radius 2 is 2.62 bits per heavy atom. The molecule has 0 radical (unpaired) electrons. The topological polar surface area (TPSA) is 35.5 Å². The molecule has 13 heavy (non-hydrogen) atoms. The molecular weight excluding hydrogens is 168 g/mol. The third-order valence-electron chi connectivity index (χ3n) is 2.21. The Labute approximate surface area is 77.0 Å². The highest BCUT2D eigenvalue weighted by Crippen LogP contribution is 2.32. The molecular formula is C10H12O3. The van der Waals surface area contributed by atoms with Crippen LogP contribution in [-0.2, 0) is 14.3 Å². The molecule has 2 unspecified atom stereocenters. The van der Waals surface area contributed by atoms with Crippen molar-refractivity contribution in [2.75, 3.05) is 6.61 Å². The van der Waals surface area contributed by atoms with Crippen molar-refractivity contribution in [2.24, 2.45) is 0 Å². The summed E-state index contributed by atoms with van der Waals surface area (Å²) in [6.45, 7) is 2.22. The largest absolute Gasteiger partial charge is 0.463 e. The number of esters is 1. The molecule has 0 spiro atoms.